The minimum Gasteiger partial charge on any atom is -0.495 e. The Morgan fingerprint density at radius 1 is 1.15 bits per heavy atom. The molecule has 3 aromatic rings. The third-order valence-corrected chi connectivity index (χ3v) is 5.76. The molecule has 0 unspecified atom stereocenters. The van der Waals surface area contributed by atoms with Gasteiger partial charge in [0.1, 0.15) is 5.75 Å². The van der Waals surface area contributed by atoms with E-state index in [9.17, 15) is 22.8 Å². The van der Waals surface area contributed by atoms with Crippen LogP contribution in [0, 0.1) is 6.92 Å². The van der Waals surface area contributed by atoms with Crippen molar-refractivity contribution >= 4 is 34.3 Å². The second-order valence-corrected chi connectivity index (χ2v) is 8.07. The highest BCUT2D eigenvalue weighted by Gasteiger charge is 2.30. The summed E-state index contributed by atoms with van der Waals surface area (Å²) < 4.78 is 45.4. The van der Waals surface area contributed by atoms with E-state index in [-0.39, 0.29) is 22.9 Å². The average molecular weight is 481 g/mol. The third-order valence-electron chi connectivity index (χ3n) is 5.46. The predicted octanol–water partition coefficient (Wildman–Crippen LogP) is 5.78. The van der Waals surface area contributed by atoms with Gasteiger partial charge in [-0.15, -0.1) is 0 Å². The minimum absolute atomic E-state index is 0.0319. The molecule has 33 heavy (non-hydrogen) atoms. The average Bonchev–Trinajstić information content (AvgIpc) is 3.02. The van der Waals surface area contributed by atoms with Gasteiger partial charge in [-0.3, -0.25) is 14.2 Å². The van der Waals surface area contributed by atoms with Gasteiger partial charge in [0, 0.05) is 23.2 Å². The van der Waals surface area contributed by atoms with Crippen LogP contribution < -0.4 is 10.1 Å². The van der Waals surface area contributed by atoms with Gasteiger partial charge in [0.15, 0.2) is 0 Å². The van der Waals surface area contributed by atoms with Crippen LogP contribution in [0.4, 0.5) is 13.2 Å². The molecule has 1 heterocycles. The first-order chi connectivity index (χ1) is 15.6. The number of hydrogen-bond acceptors (Lipinski definition) is 3. The highest BCUT2D eigenvalue weighted by atomic mass is 35.5. The fourth-order valence-electron chi connectivity index (χ4n) is 3.68. The number of carbonyl (C=O) groups is 2. The summed E-state index contributed by atoms with van der Waals surface area (Å²) in [4.78, 5) is 25.8. The molecule has 5 nitrogen and oxygen atoms in total. The van der Waals surface area contributed by atoms with Crippen molar-refractivity contribution < 1.29 is 27.5 Å². The van der Waals surface area contributed by atoms with E-state index in [0.717, 1.165) is 37.1 Å². The number of benzene rings is 2. The van der Waals surface area contributed by atoms with Crippen molar-refractivity contribution in [3.05, 3.63) is 63.8 Å². The Hall–Kier alpha value is -3.00. The normalized spacial score (nSPS) is 11.6. The molecule has 0 aliphatic heterocycles. The van der Waals surface area contributed by atoms with Gasteiger partial charge in [-0.2, -0.15) is 13.2 Å². The lowest BCUT2D eigenvalue weighted by Crippen LogP contribution is -2.26. The maximum atomic E-state index is 13.3. The number of halogens is 4. The number of methoxy groups -OCH3 is 1. The lowest BCUT2D eigenvalue weighted by molar-refractivity contribution is -0.137. The van der Waals surface area contributed by atoms with E-state index in [2.05, 4.69) is 5.32 Å². The molecule has 0 aliphatic carbocycles. The van der Waals surface area contributed by atoms with E-state index in [0.29, 0.717) is 34.5 Å². The van der Waals surface area contributed by atoms with Crippen LogP contribution in [0.1, 0.15) is 46.9 Å². The molecule has 0 saturated carbocycles. The lowest BCUT2D eigenvalue weighted by Gasteiger charge is -2.10. The van der Waals surface area contributed by atoms with Crippen molar-refractivity contribution in [3.8, 4) is 5.75 Å². The molecule has 0 fully saturated rings. The van der Waals surface area contributed by atoms with E-state index >= 15 is 0 Å². The minimum atomic E-state index is -4.50. The Kier molecular flexibility index (Phi) is 7.37. The number of alkyl halides is 3. The van der Waals surface area contributed by atoms with Crippen LogP contribution in [0.3, 0.4) is 0 Å². The standard InChI is InChI=1S/C24H24ClF3N2O3/c1-4-5-10-29-22(31)12-17-14(2)30(20-13-19(25)21(33-3)11-18(17)20)23(32)15-6-8-16(9-7-15)24(26,27)28/h6-9,11,13H,4-5,10,12H2,1-3H3,(H,29,31). The first kappa shape index (κ1) is 24.6. The van der Waals surface area contributed by atoms with Crippen molar-refractivity contribution in [3.63, 3.8) is 0 Å². The zero-order valence-electron chi connectivity index (χ0n) is 18.5. The summed E-state index contributed by atoms with van der Waals surface area (Å²) in [5.74, 6) is -0.331. The van der Waals surface area contributed by atoms with Crippen LogP contribution in [-0.2, 0) is 17.4 Å². The maximum Gasteiger partial charge on any atom is 0.416 e. The highest BCUT2D eigenvalue weighted by molar-refractivity contribution is 6.33. The molecular formula is C24H24ClF3N2O3. The Bertz CT molecular complexity index is 1180. The van der Waals surface area contributed by atoms with Crippen molar-refractivity contribution in [2.75, 3.05) is 13.7 Å². The summed E-state index contributed by atoms with van der Waals surface area (Å²) in [6, 6.07) is 7.23. The van der Waals surface area contributed by atoms with E-state index in [1.165, 1.54) is 11.7 Å². The number of unbranched alkanes of at least 4 members (excludes halogenated alkanes) is 1. The molecule has 176 valence electrons. The summed E-state index contributed by atoms with van der Waals surface area (Å²) in [7, 11) is 1.46. The molecule has 0 atom stereocenters. The third kappa shape index (κ3) is 5.16. The largest absolute Gasteiger partial charge is 0.495 e. The van der Waals surface area contributed by atoms with Gasteiger partial charge in [0.05, 0.1) is 29.6 Å². The molecule has 3 rings (SSSR count). The molecule has 0 saturated heterocycles. The zero-order valence-corrected chi connectivity index (χ0v) is 19.2. The van der Waals surface area contributed by atoms with Crippen molar-refractivity contribution in [2.24, 2.45) is 0 Å². The topological polar surface area (TPSA) is 60.3 Å². The predicted molar refractivity (Wildman–Crippen MR) is 121 cm³/mol. The Balaban J connectivity index is 2.09. The van der Waals surface area contributed by atoms with Gasteiger partial charge >= 0.3 is 6.18 Å². The SMILES string of the molecule is CCCCNC(=O)Cc1c(C)n(C(=O)c2ccc(C(F)(F)F)cc2)c2cc(Cl)c(OC)cc12. The number of nitrogens with zero attached hydrogens (tertiary/aromatic N) is 1. The second-order valence-electron chi connectivity index (χ2n) is 7.66. The summed E-state index contributed by atoms with van der Waals surface area (Å²) >= 11 is 6.29. The van der Waals surface area contributed by atoms with Gasteiger partial charge in [0.25, 0.3) is 5.91 Å². The molecule has 1 amide bonds. The van der Waals surface area contributed by atoms with Crippen LogP contribution in [0.15, 0.2) is 36.4 Å². The zero-order chi connectivity index (χ0) is 24.3. The van der Waals surface area contributed by atoms with Gasteiger partial charge < -0.3 is 10.1 Å². The molecule has 1 N–H and O–H groups in total. The Morgan fingerprint density at radius 2 is 1.82 bits per heavy atom. The van der Waals surface area contributed by atoms with Crippen molar-refractivity contribution in [2.45, 2.75) is 39.3 Å². The summed E-state index contributed by atoms with van der Waals surface area (Å²) in [6.45, 7) is 4.26. The van der Waals surface area contributed by atoms with E-state index in [4.69, 9.17) is 16.3 Å². The Morgan fingerprint density at radius 3 is 2.39 bits per heavy atom. The molecule has 0 radical (unpaired) electrons. The number of rotatable bonds is 7. The van der Waals surface area contributed by atoms with Crippen LogP contribution in [0.5, 0.6) is 5.75 Å². The number of carbonyl (C=O) groups excluding carboxylic acids is 2. The number of ether oxygens (including phenoxy) is 1. The summed E-state index contributed by atoms with van der Waals surface area (Å²) in [6.07, 6.45) is -2.68. The van der Waals surface area contributed by atoms with Crippen molar-refractivity contribution in [1.82, 2.24) is 9.88 Å². The number of hydrogen-bond donors (Lipinski definition) is 1. The number of nitrogens with one attached hydrogen (secondary N) is 1. The van der Waals surface area contributed by atoms with E-state index < -0.39 is 17.6 Å². The van der Waals surface area contributed by atoms with Gasteiger partial charge in [-0.1, -0.05) is 24.9 Å². The van der Waals surface area contributed by atoms with Crippen LogP contribution in [0.25, 0.3) is 10.9 Å². The van der Waals surface area contributed by atoms with Gasteiger partial charge in [-0.25, -0.2) is 0 Å². The van der Waals surface area contributed by atoms with Crippen LogP contribution >= 0.6 is 11.6 Å². The smallest absolute Gasteiger partial charge is 0.416 e. The lowest BCUT2D eigenvalue weighted by atomic mass is 10.1. The first-order valence-corrected chi connectivity index (χ1v) is 10.8. The van der Waals surface area contributed by atoms with Crippen LogP contribution in [-0.4, -0.2) is 30.0 Å². The Labute approximate surface area is 194 Å². The van der Waals surface area contributed by atoms with Crippen LogP contribution in [0.2, 0.25) is 5.02 Å². The molecule has 0 aliphatic rings. The maximum absolute atomic E-state index is 13.3. The molecule has 1 aromatic heterocycles. The molecule has 0 bridgehead atoms. The quantitative estimate of drug-likeness (QED) is 0.436. The van der Waals surface area contributed by atoms with Gasteiger partial charge in [-0.05, 0) is 55.3 Å². The van der Waals surface area contributed by atoms with E-state index in [1.807, 2.05) is 6.92 Å². The van der Waals surface area contributed by atoms with Crippen molar-refractivity contribution in [1.29, 1.82) is 0 Å². The molecule has 0 spiro atoms. The van der Waals surface area contributed by atoms with Gasteiger partial charge in [0.2, 0.25) is 5.91 Å². The molecular weight excluding hydrogens is 457 g/mol. The second kappa shape index (κ2) is 9.87. The number of amides is 1. The first-order valence-electron chi connectivity index (χ1n) is 10.4. The fourth-order valence-corrected chi connectivity index (χ4v) is 3.92. The number of aromatic nitrogens is 1. The van der Waals surface area contributed by atoms with E-state index in [1.54, 1.807) is 19.1 Å². The fraction of sp³-hybridized carbons (Fsp3) is 0.333. The highest BCUT2D eigenvalue weighted by Crippen LogP contribution is 2.36. The molecule has 9 heteroatoms. The molecule has 2 aromatic carbocycles. The summed E-state index contributed by atoms with van der Waals surface area (Å²) in [5, 5.41) is 3.73. The monoisotopic (exact) mass is 480 g/mol. The number of fused-ring (bicyclic) bond motifs is 1. The summed E-state index contributed by atoms with van der Waals surface area (Å²) in [5.41, 5.74) is 0.804.